The van der Waals surface area contributed by atoms with Crippen molar-refractivity contribution >= 4 is 82.1 Å². The summed E-state index contributed by atoms with van der Waals surface area (Å²) in [7, 11) is 0. The van der Waals surface area contributed by atoms with E-state index in [-0.39, 0.29) is 0 Å². The molecule has 1 aromatic heterocycles. The highest BCUT2D eigenvalue weighted by atomic mass is 16.3. The van der Waals surface area contributed by atoms with E-state index in [1.165, 1.54) is 71.1 Å². The van der Waals surface area contributed by atoms with Crippen LogP contribution in [0.2, 0.25) is 0 Å². The Hall–Kier alpha value is -8.72. The summed E-state index contributed by atoms with van der Waals surface area (Å²) in [4.78, 5) is 2.36. The first-order chi connectivity index (χ1) is 32.7. The van der Waals surface area contributed by atoms with E-state index in [4.69, 9.17) is 4.42 Å². The Morgan fingerprint density at radius 3 is 1.50 bits per heavy atom. The standard InChI is InChI=1S/C64H41NO/c1-4-18-53-43(12-1)15-10-23-54(53)48-17-9-16-47(40-48)42-26-33-50(34-27-42)65(52-37-30-46(31-38-52)61-41-49-14-3-5-19-55(49)58-21-7-8-22-59(58)61)51-35-28-45(29-36-51)56-24-11-25-62-63(56)60-39-32-44-13-2-6-20-57(44)64(60)66-62/h1-41H. The molecule has 0 aliphatic heterocycles. The predicted molar refractivity (Wildman–Crippen MR) is 280 cm³/mol. The third kappa shape index (κ3) is 6.34. The number of nitrogens with zero attached hydrogens (tertiary/aromatic N) is 1. The largest absolute Gasteiger partial charge is 0.455 e. The molecule has 13 rings (SSSR count). The maximum atomic E-state index is 6.57. The highest BCUT2D eigenvalue weighted by molar-refractivity contribution is 6.19. The van der Waals surface area contributed by atoms with E-state index >= 15 is 0 Å². The molecule has 13 aromatic rings. The Bertz CT molecular complexity index is 3970. The highest BCUT2D eigenvalue weighted by Crippen LogP contribution is 2.43. The monoisotopic (exact) mass is 839 g/mol. The lowest BCUT2D eigenvalue weighted by Gasteiger charge is -2.26. The van der Waals surface area contributed by atoms with Crippen molar-refractivity contribution in [1.82, 2.24) is 0 Å². The summed E-state index contributed by atoms with van der Waals surface area (Å²) in [6.07, 6.45) is 0. The maximum Gasteiger partial charge on any atom is 0.143 e. The van der Waals surface area contributed by atoms with Gasteiger partial charge in [-0.05, 0) is 143 Å². The molecule has 0 unspecified atom stereocenters. The van der Waals surface area contributed by atoms with Gasteiger partial charge in [0.25, 0.3) is 0 Å². The first kappa shape index (κ1) is 37.8. The Morgan fingerprint density at radius 1 is 0.258 bits per heavy atom. The van der Waals surface area contributed by atoms with Crippen LogP contribution in [0.4, 0.5) is 17.1 Å². The number of rotatable bonds is 7. The summed E-state index contributed by atoms with van der Waals surface area (Å²) in [6, 6.07) is 90.2. The van der Waals surface area contributed by atoms with Gasteiger partial charge in [-0.15, -0.1) is 0 Å². The molecule has 0 radical (unpaired) electrons. The van der Waals surface area contributed by atoms with E-state index in [9.17, 15) is 0 Å². The van der Waals surface area contributed by atoms with E-state index in [1.54, 1.807) is 0 Å². The maximum absolute atomic E-state index is 6.57. The minimum absolute atomic E-state index is 0.895. The molecule has 12 aromatic carbocycles. The summed E-state index contributed by atoms with van der Waals surface area (Å²) in [5, 5.41) is 12.1. The minimum Gasteiger partial charge on any atom is -0.455 e. The number of fused-ring (bicyclic) bond motifs is 9. The second-order valence-electron chi connectivity index (χ2n) is 17.2. The molecule has 0 saturated heterocycles. The van der Waals surface area contributed by atoms with Crippen molar-refractivity contribution in [1.29, 1.82) is 0 Å². The lowest BCUT2D eigenvalue weighted by molar-refractivity contribution is 0.673. The van der Waals surface area contributed by atoms with Gasteiger partial charge in [0.05, 0.1) is 0 Å². The molecule has 0 amide bonds. The SMILES string of the molecule is c1cc(-c2ccc(N(c3ccc(-c4cc5ccccc5c5ccccc45)cc3)c3ccc(-c4cccc5oc6c7ccccc7ccc6c45)cc3)cc2)cc(-c2cccc3ccccc23)c1. The van der Waals surface area contributed by atoms with Gasteiger partial charge in [0.1, 0.15) is 11.2 Å². The van der Waals surface area contributed by atoms with Crippen molar-refractivity contribution in [2.45, 2.75) is 0 Å². The number of anilines is 3. The number of benzene rings is 12. The van der Waals surface area contributed by atoms with Crippen molar-refractivity contribution in [3.63, 3.8) is 0 Å². The van der Waals surface area contributed by atoms with Crippen LogP contribution >= 0.6 is 0 Å². The second-order valence-corrected chi connectivity index (χ2v) is 17.2. The quantitative estimate of drug-likeness (QED) is 0.149. The van der Waals surface area contributed by atoms with Crippen LogP contribution in [0.1, 0.15) is 0 Å². The molecule has 0 saturated carbocycles. The molecule has 0 bridgehead atoms. The van der Waals surface area contributed by atoms with Gasteiger partial charge in [0.15, 0.2) is 0 Å². The number of hydrogen-bond donors (Lipinski definition) is 0. The zero-order valence-corrected chi connectivity index (χ0v) is 36.0. The van der Waals surface area contributed by atoms with Gasteiger partial charge in [0, 0.05) is 33.2 Å². The topological polar surface area (TPSA) is 16.4 Å². The third-order valence-corrected chi connectivity index (χ3v) is 13.5. The van der Waals surface area contributed by atoms with Crippen molar-refractivity contribution in [2.24, 2.45) is 0 Å². The first-order valence-electron chi connectivity index (χ1n) is 22.7. The Balaban J connectivity index is 0.904. The summed E-state index contributed by atoms with van der Waals surface area (Å²) in [5.41, 5.74) is 14.6. The first-order valence-corrected chi connectivity index (χ1v) is 22.7. The van der Waals surface area contributed by atoms with E-state index in [2.05, 4.69) is 254 Å². The van der Waals surface area contributed by atoms with Gasteiger partial charge in [0.2, 0.25) is 0 Å². The number of hydrogen-bond acceptors (Lipinski definition) is 2. The second kappa shape index (κ2) is 15.5. The third-order valence-electron chi connectivity index (χ3n) is 13.5. The van der Waals surface area contributed by atoms with Gasteiger partial charge in [-0.3, -0.25) is 0 Å². The van der Waals surface area contributed by atoms with Crippen LogP contribution in [0.3, 0.4) is 0 Å². The molecule has 0 spiro atoms. The van der Waals surface area contributed by atoms with Crippen LogP contribution in [-0.2, 0) is 0 Å². The predicted octanol–water partition coefficient (Wildman–Crippen LogP) is 18.3. The summed E-state index contributed by atoms with van der Waals surface area (Å²) < 4.78 is 6.57. The average Bonchev–Trinajstić information content (AvgIpc) is 3.79. The molecule has 0 atom stereocenters. The fraction of sp³-hybridized carbons (Fsp3) is 0. The average molecular weight is 840 g/mol. The van der Waals surface area contributed by atoms with Gasteiger partial charge in [-0.25, -0.2) is 0 Å². The van der Waals surface area contributed by atoms with Crippen LogP contribution in [0.15, 0.2) is 253 Å². The van der Waals surface area contributed by atoms with Crippen LogP contribution in [0.5, 0.6) is 0 Å². The molecular formula is C64H41NO. The zero-order chi connectivity index (χ0) is 43.6. The van der Waals surface area contributed by atoms with E-state index in [0.29, 0.717) is 0 Å². The molecule has 1 heterocycles. The van der Waals surface area contributed by atoms with Gasteiger partial charge in [-0.1, -0.05) is 188 Å². The Kier molecular flexibility index (Phi) is 8.89. The van der Waals surface area contributed by atoms with Crippen molar-refractivity contribution in [2.75, 3.05) is 4.90 Å². The normalized spacial score (nSPS) is 11.6. The van der Waals surface area contributed by atoms with Crippen molar-refractivity contribution in [3.05, 3.63) is 249 Å². The van der Waals surface area contributed by atoms with Crippen molar-refractivity contribution < 1.29 is 4.42 Å². The lowest BCUT2D eigenvalue weighted by atomic mass is 9.93. The van der Waals surface area contributed by atoms with Crippen LogP contribution in [0, 0.1) is 0 Å². The minimum atomic E-state index is 0.895. The Morgan fingerprint density at radius 2 is 0.773 bits per heavy atom. The summed E-state index contributed by atoms with van der Waals surface area (Å²) in [6.45, 7) is 0. The smallest absolute Gasteiger partial charge is 0.143 e. The molecule has 2 heteroatoms. The van der Waals surface area contributed by atoms with E-state index in [0.717, 1.165) is 55.5 Å². The van der Waals surface area contributed by atoms with Gasteiger partial charge in [-0.2, -0.15) is 0 Å². The molecule has 0 aliphatic rings. The lowest BCUT2D eigenvalue weighted by Crippen LogP contribution is -2.09. The number of furan rings is 1. The Labute approximate surface area is 382 Å². The summed E-state index contributed by atoms with van der Waals surface area (Å²) in [5.74, 6) is 0. The molecule has 66 heavy (non-hydrogen) atoms. The molecular weight excluding hydrogens is 799 g/mol. The van der Waals surface area contributed by atoms with Crippen molar-refractivity contribution in [3.8, 4) is 44.5 Å². The molecule has 0 N–H and O–H groups in total. The molecule has 308 valence electrons. The zero-order valence-electron chi connectivity index (χ0n) is 36.0. The summed E-state index contributed by atoms with van der Waals surface area (Å²) >= 11 is 0. The van der Waals surface area contributed by atoms with Gasteiger partial charge < -0.3 is 9.32 Å². The molecule has 0 aliphatic carbocycles. The molecule has 0 fully saturated rings. The van der Waals surface area contributed by atoms with E-state index < -0.39 is 0 Å². The highest BCUT2D eigenvalue weighted by Gasteiger charge is 2.18. The van der Waals surface area contributed by atoms with Crippen LogP contribution < -0.4 is 4.90 Å². The fourth-order valence-electron chi connectivity index (χ4n) is 10.3. The van der Waals surface area contributed by atoms with Gasteiger partial charge >= 0.3 is 0 Å². The van der Waals surface area contributed by atoms with Crippen LogP contribution in [-0.4, -0.2) is 0 Å². The van der Waals surface area contributed by atoms with Crippen LogP contribution in [0.25, 0.3) is 110 Å². The molecule has 2 nitrogen and oxygen atoms in total. The van der Waals surface area contributed by atoms with E-state index in [1.807, 2.05) is 0 Å². The fourth-order valence-corrected chi connectivity index (χ4v) is 10.3.